The van der Waals surface area contributed by atoms with Gasteiger partial charge in [-0.25, -0.2) is 0 Å². The average Bonchev–Trinajstić information content (AvgIpc) is 1.95. The summed E-state index contributed by atoms with van der Waals surface area (Å²) in [4.78, 5) is 12.4. The Morgan fingerprint density at radius 1 is 1.50 bits per heavy atom. The zero-order valence-electron chi connectivity index (χ0n) is 6.35. The van der Waals surface area contributed by atoms with Crippen LogP contribution in [0.25, 0.3) is 0 Å². The molecule has 14 heavy (non-hydrogen) atoms. The van der Waals surface area contributed by atoms with Crippen molar-refractivity contribution < 1.29 is 23.0 Å². The van der Waals surface area contributed by atoms with Crippen molar-refractivity contribution in [3.8, 4) is 11.6 Å². The first-order valence-electron chi connectivity index (χ1n) is 3.17. The molecule has 4 nitrogen and oxygen atoms in total. The third kappa shape index (κ3) is 2.66. The number of alkyl halides is 3. The molecule has 2 N–H and O–H groups in total. The summed E-state index contributed by atoms with van der Waals surface area (Å²) in [5, 5.41) is 8.92. The Balaban J connectivity index is 3.16. The molecule has 1 aromatic rings. The van der Waals surface area contributed by atoms with Crippen LogP contribution in [0, 0.1) is 0 Å². The maximum absolute atomic E-state index is 11.8. The fourth-order valence-electron chi connectivity index (χ4n) is 0.716. The van der Waals surface area contributed by atoms with E-state index in [1.165, 1.54) is 0 Å². The van der Waals surface area contributed by atoms with Gasteiger partial charge in [0.25, 0.3) is 5.56 Å². The Hall–Kier alpha value is -1.18. The van der Waals surface area contributed by atoms with Gasteiger partial charge in [0.15, 0.2) is 0 Å². The summed E-state index contributed by atoms with van der Waals surface area (Å²) < 4.78 is 38.4. The molecular formula is C6H3BrF3NO3. The van der Waals surface area contributed by atoms with Crippen LogP contribution in [0.2, 0.25) is 0 Å². The van der Waals surface area contributed by atoms with Crippen molar-refractivity contribution in [3.05, 3.63) is 20.9 Å². The van der Waals surface area contributed by atoms with Crippen LogP contribution in [-0.2, 0) is 0 Å². The molecule has 0 saturated heterocycles. The van der Waals surface area contributed by atoms with Crippen molar-refractivity contribution in [3.63, 3.8) is 0 Å². The quantitative estimate of drug-likeness (QED) is 0.819. The molecular weight excluding hydrogens is 271 g/mol. The Kier molecular flexibility index (Phi) is 2.74. The molecule has 8 heteroatoms. The number of aromatic nitrogens is 1. The van der Waals surface area contributed by atoms with E-state index in [0.29, 0.717) is 0 Å². The number of H-pyrrole nitrogens is 1. The van der Waals surface area contributed by atoms with Gasteiger partial charge in [-0.1, -0.05) is 0 Å². The van der Waals surface area contributed by atoms with Crippen molar-refractivity contribution >= 4 is 15.9 Å². The van der Waals surface area contributed by atoms with E-state index < -0.39 is 23.6 Å². The summed E-state index contributed by atoms with van der Waals surface area (Å²) in [7, 11) is 0. The van der Waals surface area contributed by atoms with Crippen molar-refractivity contribution in [2.45, 2.75) is 6.36 Å². The van der Waals surface area contributed by atoms with E-state index in [0.717, 1.165) is 6.07 Å². The van der Waals surface area contributed by atoms with E-state index in [1.54, 1.807) is 4.98 Å². The van der Waals surface area contributed by atoms with Crippen LogP contribution < -0.4 is 10.3 Å². The van der Waals surface area contributed by atoms with Gasteiger partial charge in [0.1, 0.15) is 0 Å². The minimum atomic E-state index is -4.93. The second-order valence-corrected chi connectivity index (χ2v) is 3.06. The smallest absolute Gasteiger partial charge is 0.492 e. The SMILES string of the molecule is O=c1cc(Br)c(OC(F)(F)F)c(O)[nH]1. The van der Waals surface area contributed by atoms with E-state index in [4.69, 9.17) is 5.11 Å². The number of aromatic hydroxyl groups is 1. The number of ether oxygens (including phenoxy) is 1. The fraction of sp³-hybridized carbons (Fsp3) is 0.167. The molecule has 0 atom stereocenters. The van der Waals surface area contributed by atoms with Crippen molar-refractivity contribution in [2.24, 2.45) is 0 Å². The topological polar surface area (TPSA) is 62.3 Å². The number of rotatable bonds is 1. The van der Waals surface area contributed by atoms with Gasteiger partial charge in [-0.05, 0) is 15.9 Å². The first kappa shape index (κ1) is 10.9. The van der Waals surface area contributed by atoms with Crippen LogP contribution in [0.4, 0.5) is 13.2 Å². The molecule has 1 heterocycles. The number of pyridine rings is 1. The molecule has 0 aliphatic rings. The van der Waals surface area contributed by atoms with E-state index in [1.807, 2.05) is 0 Å². The van der Waals surface area contributed by atoms with Crippen LogP contribution in [-0.4, -0.2) is 16.5 Å². The van der Waals surface area contributed by atoms with Crippen LogP contribution >= 0.6 is 15.9 Å². The summed E-state index contributed by atoms with van der Waals surface area (Å²) in [6.07, 6.45) is -4.93. The summed E-state index contributed by atoms with van der Waals surface area (Å²) in [6.45, 7) is 0. The molecule has 78 valence electrons. The summed E-state index contributed by atoms with van der Waals surface area (Å²) in [5.74, 6) is -1.86. The molecule has 0 aromatic carbocycles. The van der Waals surface area contributed by atoms with Crippen molar-refractivity contribution in [1.29, 1.82) is 0 Å². The Labute approximate surface area is 83.4 Å². The van der Waals surface area contributed by atoms with Gasteiger partial charge in [0.05, 0.1) is 4.47 Å². The van der Waals surface area contributed by atoms with Crippen molar-refractivity contribution in [2.75, 3.05) is 0 Å². The molecule has 0 saturated carbocycles. The first-order chi connectivity index (χ1) is 6.29. The third-order valence-electron chi connectivity index (χ3n) is 1.15. The average molecular weight is 274 g/mol. The highest BCUT2D eigenvalue weighted by atomic mass is 79.9. The van der Waals surface area contributed by atoms with Gasteiger partial charge in [0.2, 0.25) is 11.6 Å². The predicted octanol–water partition coefficient (Wildman–Crippen LogP) is 1.74. The monoisotopic (exact) mass is 273 g/mol. The molecule has 0 fully saturated rings. The van der Waals surface area contributed by atoms with Gasteiger partial charge in [-0.2, -0.15) is 0 Å². The van der Waals surface area contributed by atoms with Crippen LogP contribution in [0.15, 0.2) is 15.3 Å². The second kappa shape index (κ2) is 3.52. The molecule has 0 radical (unpaired) electrons. The number of nitrogens with one attached hydrogen (secondary N) is 1. The van der Waals surface area contributed by atoms with Crippen LogP contribution in [0.5, 0.6) is 11.6 Å². The van der Waals surface area contributed by atoms with Crippen LogP contribution in [0.1, 0.15) is 0 Å². The van der Waals surface area contributed by atoms with E-state index in [9.17, 15) is 18.0 Å². The number of hydrogen-bond donors (Lipinski definition) is 2. The van der Waals surface area contributed by atoms with Gasteiger partial charge in [0, 0.05) is 6.07 Å². The predicted molar refractivity (Wildman–Crippen MR) is 43.1 cm³/mol. The number of hydrogen-bond acceptors (Lipinski definition) is 3. The lowest BCUT2D eigenvalue weighted by molar-refractivity contribution is -0.275. The standard InChI is InChI=1S/C6H3BrF3NO3/c7-2-1-3(12)11-5(13)4(2)14-6(8,9)10/h1H,(H2,11,12,13). The molecule has 1 rings (SSSR count). The van der Waals surface area contributed by atoms with Gasteiger partial charge < -0.3 is 9.84 Å². The largest absolute Gasteiger partial charge is 0.573 e. The minimum Gasteiger partial charge on any atom is -0.492 e. The maximum atomic E-state index is 11.8. The molecule has 0 unspecified atom stereocenters. The lowest BCUT2D eigenvalue weighted by Crippen LogP contribution is -2.18. The molecule has 0 aliphatic carbocycles. The zero-order chi connectivity index (χ0) is 10.9. The fourth-order valence-corrected chi connectivity index (χ4v) is 1.19. The highest BCUT2D eigenvalue weighted by Gasteiger charge is 2.33. The second-order valence-electron chi connectivity index (χ2n) is 2.21. The van der Waals surface area contributed by atoms with E-state index >= 15 is 0 Å². The Morgan fingerprint density at radius 2 is 2.07 bits per heavy atom. The highest BCUT2D eigenvalue weighted by Crippen LogP contribution is 2.34. The van der Waals surface area contributed by atoms with Gasteiger partial charge in [-0.15, -0.1) is 13.2 Å². The molecule has 0 bridgehead atoms. The Morgan fingerprint density at radius 3 is 2.50 bits per heavy atom. The molecule has 0 aliphatic heterocycles. The minimum absolute atomic E-state index is 0.281. The van der Waals surface area contributed by atoms with Gasteiger partial charge in [-0.3, -0.25) is 9.78 Å². The molecule has 1 aromatic heterocycles. The van der Waals surface area contributed by atoms with Crippen molar-refractivity contribution in [1.82, 2.24) is 4.98 Å². The highest BCUT2D eigenvalue weighted by molar-refractivity contribution is 9.10. The van der Waals surface area contributed by atoms with E-state index in [2.05, 4.69) is 20.7 Å². The van der Waals surface area contributed by atoms with E-state index in [-0.39, 0.29) is 4.47 Å². The summed E-state index contributed by atoms with van der Waals surface area (Å²) in [6, 6.07) is 0.806. The summed E-state index contributed by atoms with van der Waals surface area (Å²) in [5.41, 5.74) is -0.746. The zero-order valence-corrected chi connectivity index (χ0v) is 7.94. The lowest BCUT2D eigenvalue weighted by Gasteiger charge is -2.10. The Bertz CT molecular complexity index is 374. The lowest BCUT2D eigenvalue weighted by atomic mass is 10.4. The normalized spacial score (nSPS) is 11.4. The third-order valence-corrected chi connectivity index (χ3v) is 1.74. The number of halogens is 4. The molecule has 0 spiro atoms. The van der Waals surface area contributed by atoms with Crippen LogP contribution in [0.3, 0.4) is 0 Å². The maximum Gasteiger partial charge on any atom is 0.573 e. The first-order valence-corrected chi connectivity index (χ1v) is 3.96. The number of aromatic amines is 1. The van der Waals surface area contributed by atoms with Gasteiger partial charge >= 0.3 is 6.36 Å². The molecule has 0 amide bonds. The summed E-state index contributed by atoms with van der Waals surface area (Å²) >= 11 is 2.65.